The second-order valence-electron chi connectivity index (χ2n) is 5.13. The van der Waals surface area contributed by atoms with E-state index in [1.54, 1.807) is 0 Å². The predicted octanol–water partition coefficient (Wildman–Crippen LogP) is 4.90. The highest BCUT2D eigenvalue weighted by molar-refractivity contribution is 6.40. The average molecular weight is 434 g/mol. The van der Waals surface area contributed by atoms with Crippen LogP contribution in [-0.2, 0) is 9.63 Å². The largest absolute Gasteiger partial charge is 0.454 e. The van der Waals surface area contributed by atoms with Crippen LogP contribution in [0.1, 0.15) is 17.3 Å². The molecule has 0 saturated carbocycles. The molecule has 0 aliphatic carbocycles. The van der Waals surface area contributed by atoms with Gasteiger partial charge in [-0.15, -0.1) is 0 Å². The Morgan fingerprint density at radius 3 is 2.22 bits per heavy atom. The normalized spacial score (nSPS) is 10.3. The Bertz CT molecular complexity index is 911. The van der Waals surface area contributed by atoms with Crippen LogP contribution in [-0.4, -0.2) is 28.9 Å². The molecule has 0 radical (unpaired) electrons. The Balaban J connectivity index is 2.42. The van der Waals surface area contributed by atoms with Gasteiger partial charge >= 0.3 is 5.97 Å². The molecule has 0 unspecified atom stereocenters. The van der Waals surface area contributed by atoms with Crippen molar-refractivity contribution < 1.29 is 24.1 Å². The molecule has 27 heavy (non-hydrogen) atoms. The Morgan fingerprint density at radius 2 is 1.70 bits per heavy atom. The summed E-state index contributed by atoms with van der Waals surface area (Å²) in [6.07, 6.45) is 0. The minimum absolute atomic E-state index is 0.0316. The van der Waals surface area contributed by atoms with Crippen LogP contribution in [0.2, 0.25) is 15.1 Å². The first-order valence-electron chi connectivity index (χ1n) is 7.17. The zero-order valence-electron chi connectivity index (χ0n) is 13.9. The van der Waals surface area contributed by atoms with Gasteiger partial charge in [-0.2, -0.15) is 5.06 Å². The molecular formula is C16H11Cl3N2O6. The number of nitro groups is 1. The molecule has 2 rings (SSSR count). The quantitative estimate of drug-likeness (QED) is 0.502. The van der Waals surface area contributed by atoms with E-state index in [4.69, 9.17) is 44.4 Å². The van der Waals surface area contributed by atoms with Gasteiger partial charge in [-0.05, 0) is 18.2 Å². The molecule has 0 N–H and O–H groups in total. The fourth-order valence-corrected chi connectivity index (χ4v) is 2.78. The Hall–Kier alpha value is -2.55. The number of rotatable bonds is 4. The Morgan fingerprint density at radius 1 is 1.11 bits per heavy atom. The van der Waals surface area contributed by atoms with Gasteiger partial charge in [-0.3, -0.25) is 14.9 Å². The summed E-state index contributed by atoms with van der Waals surface area (Å²) in [6.45, 7) is 1.16. The van der Waals surface area contributed by atoms with Gasteiger partial charge in [0, 0.05) is 31.1 Å². The molecule has 0 aliphatic rings. The van der Waals surface area contributed by atoms with Crippen LogP contribution in [0.3, 0.4) is 0 Å². The molecular weight excluding hydrogens is 423 g/mol. The number of hydroxylamine groups is 2. The second kappa shape index (κ2) is 8.43. The summed E-state index contributed by atoms with van der Waals surface area (Å²) in [7, 11) is 1.19. The summed E-state index contributed by atoms with van der Waals surface area (Å²) < 4.78 is 5.54. The molecule has 1 amide bonds. The summed E-state index contributed by atoms with van der Waals surface area (Å²) in [4.78, 5) is 38.6. The van der Waals surface area contributed by atoms with Crippen molar-refractivity contribution in [3.63, 3.8) is 0 Å². The molecule has 0 spiro atoms. The monoisotopic (exact) mass is 432 g/mol. The summed E-state index contributed by atoms with van der Waals surface area (Å²) in [5.74, 6) is -1.60. The fraction of sp³-hybridized carbons (Fsp3) is 0.125. The first-order valence-corrected chi connectivity index (χ1v) is 8.31. The van der Waals surface area contributed by atoms with E-state index >= 15 is 0 Å². The number of benzene rings is 2. The third-order valence-corrected chi connectivity index (χ3v) is 4.01. The molecule has 2 aromatic carbocycles. The van der Waals surface area contributed by atoms with E-state index in [0.29, 0.717) is 5.06 Å². The van der Waals surface area contributed by atoms with E-state index < -0.39 is 28.1 Å². The lowest BCUT2D eigenvalue weighted by Gasteiger charge is -2.14. The van der Waals surface area contributed by atoms with Crippen LogP contribution in [0.4, 0.5) is 5.69 Å². The minimum atomic E-state index is -1.11. The van der Waals surface area contributed by atoms with Crippen LogP contribution in [0.25, 0.3) is 0 Å². The van der Waals surface area contributed by atoms with E-state index in [1.807, 2.05) is 0 Å². The first kappa shape index (κ1) is 20.8. The molecule has 0 bridgehead atoms. The number of hydrogen-bond donors (Lipinski definition) is 0. The third kappa shape index (κ3) is 5.00. The number of carbonyl (C=O) groups is 2. The van der Waals surface area contributed by atoms with Crippen LogP contribution in [0.5, 0.6) is 11.5 Å². The van der Waals surface area contributed by atoms with E-state index in [1.165, 1.54) is 25.2 Å². The molecule has 8 nitrogen and oxygen atoms in total. The highest BCUT2D eigenvalue weighted by Crippen LogP contribution is 2.39. The van der Waals surface area contributed by atoms with Crippen LogP contribution >= 0.6 is 34.8 Å². The maximum Gasteiger partial charge on any atom is 0.370 e. The number of nitrogens with zero attached hydrogens (tertiary/aromatic N) is 2. The highest BCUT2D eigenvalue weighted by Gasteiger charge is 2.25. The number of hydrogen-bond acceptors (Lipinski definition) is 6. The highest BCUT2D eigenvalue weighted by atomic mass is 35.5. The SMILES string of the molecule is CC(=O)N(C)OC(=O)c1cc(Oc2c(Cl)cc(Cl)cc2Cl)ccc1[N+](=O)[O-]. The van der Waals surface area contributed by atoms with E-state index in [0.717, 1.165) is 19.1 Å². The molecule has 0 aromatic heterocycles. The maximum absolute atomic E-state index is 12.2. The summed E-state index contributed by atoms with van der Waals surface area (Å²) in [5, 5.41) is 12.3. The number of ether oxygens (including phenoxy) is 1. The van der Waals surface area contributed by atoms with Crippen LogP contribution < -0.4 is 4.74 Å². The van der Waals surface area contributed by atoms with Gasteiger partial charge in [0.2, 0.25) is 0 Å². The number of nitro benzene ring substituents is 1. The topological polar surface area (TPSA) is 99.0 Å². The predicted molar refractivity (Wildman–Crippen MR) is 98.5 cm³/mol. The molecule has 2 aromatic rings. The minimum Gasteiger partial charge on any atom is -0.454 e. The van der Waals surface area contributed by atoms with Gasteiger partial charge in [0.1, 0.15) is 11.3 Å². The maximum atomic E-state index is 12.2. The van der Waals surface area contributed by atoms with Gasteiger partial charge in [0.05, 0.1) is 15.0 Å². The second-order valence-corrected chi connectivity index (χ2v) is 6.38. The number of halogens is 3. The molecule has 0 atom stereocenters. The van der Waals surface area contributed by atoms with Crippen molar-refractivity contribution in [3.05, 3.63) is 61.1 Å². The van der Waals surface area contributed by atoms with Crippen molar-refractivity contribution in [1.82, 2.24) is 5.06 Å². The van der Waals surface area contributed by atoms with Crippen molar-refractivity contribution in [3.8, 4) is 11.5 Å². The van der Waals surface area contributed by atoms with Gasteiger partial charge < -0.3 is 9.57 Å². The molecule has 0 fully saturated rings. The van der Waals surface area contributed by atoms with Gasteiger partial charge in [0.25, 0.3) is 11.6 Å². The lowest BCUT2D eigenvalue weighted by atomic mass is 10.1. The zero-order valence-corrected chi connectivity index (χ0v) is 16.1. The molecule has 0 saturated heterocycles. The Labute approximate surface area is 168 Å². The zero-order chi connectivity index (χ0) is 20.3. The third-order valence-electron chi connectivity index (χ3n) is 3.23. The summed E-state index contributed by atoms with van der Waals surface area (Å²) in [6, 6.07) is 6.18. The molecule has 11 heteroatoms. The number of carbonyl (C=O) groups excluding carboxylic acids is 2. The summed E-state index contributed by atoms with van der Waals surface area (Å²) in [5.41, 5.74) is -0.954. The van der Waals surface area contributed by atoms with Gasteiger partial charge in [-0.1, -0.05) is 34.8 Å². The van der Waals surface area contributed by atoms with E-state index in [9.17, 15) is 19.7 Å². The van der Waals surface area contributed by atoms with Crippen LogP contribution in [0, 0.1) is 10.1 Å². The van der Waals surface area contributed by atoms with Crippen LogP contribution in [0.15, 0.2) is 30.3 Å². The van der Waals surface area contributed by atoms with Crippen molar-refractivity contribution in [1.29, 1.82) is 0 Å². The van der Waals surface area contributed by atoms with E-state index in [2.05, 4.69) is 0 Å². The smallest absolute Gasteiger partial charge is 0.370 e. The summed E-state index contributed by atoms with van der Waals surface area (Å²) >= 11 is 17.9. The Kier molecular flexibility index (Phi) is 6.48. The van der Waals surface area contributed by atoms with Crippen molar-refractivity contribution in [2.24, 2.45) is 0 Å². The standard InChI is InChI=1S/C16H11Cl3N2O6/c1-8(22)20(2)27-16(23)11-7-10(3-4-14(11)21(24)25)26-15-12(18)5-9(17)6-13(15)19/h3-7H,1-2H3. The van der Waals surface area contributed by atoms with E-state index in [-0.39, 0.29) is 26.6 Å². The van der Waals surface area contributed by atoms with Crippen molar-refractivity contribution in [2.45, 2.75) is 6.92 Å². The lowest BCUT2D eigenvalue weighted by molar-refractivity contribution is -0.385. The molecule has 0 aliphatic heterocycles. The first-order chi connectivity index (χ1) is 12.6. The average Bonchev–Trinajstić information content (AvgIpc) is 2.57. The van der Waals surface area contributed by atoms with Crippen molar-refractivity contribution >= 4 is 52.4 Å². The number of amides is 1. The van der Waals surface area contributed by atoms with Gasteiger partial charge in [-0.25, -0.2) is 4.79 Å². The van der Waals surface area contributed by atoms with Gasteiger partial charge in [0.15, 0.2) is 5.75 Å². The fourth-order valence-electron chi connectivity index (χ4n) is 1.88. The molecule has 142 valence electrons. The van der Waals surface area contributed by atoms with Crippen molar-refractivity contribution in [2.75, 3.05) is 7.05 Å². The lowest BCUT2D eigenvalue weighted by Crippen LogP contribution is -2.27. The molecule has 0 heterocycles.